The van der Waals surface area contributed by atoms with Crippen LogP contribution in [0.2, 0.25) is 0 Å². The number of nitrogens with one attached hydrogen (secondary N) is 2. The quantitative estimate of drug-likeness (QED) is 0.240. The van der Waals surface area contributed by atoms with Crippen molar-refractivity contribution in [1.29, 1.82) is 0 Å². The Labute approximate surface area is 215 Å². The minimum atomic E-state index is -0.400. The molecule has 1 aliphatic rings. The van der Waals surface area contributed by atoms with Gasteiger partial charge in [0, 0.05) is 52.2 Å². The predicted molar refractivity (Wildman–Crippen MR) is 145 cm³/mol. The molecule has 0 aliphatic carbocycles. The lowest BCUT2D eigenvalue weighted by molar-refractivity contribution is 0.0590. The topological polar surface area (TPSA) is 122 Å². The SMILES string of the molecule is COC(=O)c1cc2c3c(ccc2n1C)N(C(=O)c1cc(NC(=O)c2cc4cc(N)ccc4[nH]2)cs1)CC3. The van der Waals surface area contributed by atoms with Crippen LogP contribution in [0.25, 0.3) is 21.8 Å². The van der Waals surface area contributed by atoms with Crippen LogP contribution < -0.4 is 16.0 Å². The lowest BCUT2D eigenvalue weighted by Gasteiger charge is -2.16. The summed E-state index contributed by atoms with van der Waals surface area (Å²) in [5, 5.41) is 6.41. The first-order valence-electron chi connectivity index (χ1n) is 11.6. The molecule has 186 valence electrons. The summed E-state index contributed by atoms with van der Waals surface area (Å²) < 4.78 is 6.71. The number of H-pyrrole nitrogens is 1. The predicted octanol–water partition coefficient (Wildman–Crippen LogP) is 4.55. The van der Waals surface area contributed by atoms with Crippen molar-refractivity contribution in [3.63, 3.8) is 0 Å². The monoisotopic (exact) mass is 513 g/mol. The molecular weight excluding hydrogens is 490 g/mol. The highest BCUT2D eigenvalue weighted by atomic mass is 32.1. The Bertz CT molecular complexity index is 1740. The summed E-state index contributed by atoms with van der Waals surface area (Å²) in [4.78, 5) is 43.7. The molecule has 6 rings (SSSR count). The summed E-state index contributed by atoms with van der Waals surface area (Å²) in [7, 11) is 3.19. The van der Waals surface area contributed by atoms with Crippen molar-refractivity contribution >= 4 is 68.0 Å². The molecule has 0 saturated heterocycles. The summed E-state index contributed by atoms with van der Waals surface area (Å²) in [6.45, 7) is 0.535. The first kappa shape index (κ1) is 22.9. The standard InChI is InChI=1S/C27H23N5O4S/c1-31-21-5-6-22-17(18(21)12-23(31)27(35)36-2)7-8-32(22)26(34)24-11-16(13-37-24)29-25(33)20-10-14-9-15(28)3-4-19(14)30-20/h3-6,9-13,30H,7-8,28H2,1-2H3,(H,29,33). The molecule has 0 fully saturated rings. The smallest absolute Gasteiger partial charge is 0.354 e. The average Bonchev–Trinajstić information content (AvgIpc) is 3.67. The Hall–Kier alpha value is -4.57. The second kappa shape index (κ2) is 8.52. The van der Waals surface area contributed by atoms with Gasteiger partial charge >= 0.3 is 5.97 Å². The highest BCUT2D eigenvalue weighted by Crippen LogP contribution is 2.37. The number of nitrogen functional groups attached to an aromatic ring is 1. The second-order valence-electron chi connectivity index (χ2n) is 8.97. The minimum absolute atomic E-state index is 0.131. The lowest BCUT2D eigenvalue weighted by Crippen LogP contribution is -2.28. The molecule has 2 aromatic carbocycles. The molecule has 5 aromatic rings. The maximum atomic E-state index is 13.4. The number of amides is 2. The molecule has 4 heterocycles. The van der Waals surface area contributed by atoms with Crippen molar-refractivity contribution in [2.24, 2.45) is 7.05 Å². The number of fused-ring (bicyclic) bond motifs is 4. The Balaban J connectivity index is 1.23. The van der Waals surface area contributed by atoms with E-state index >= 15 is 0 Å². The molecule has 10 heteroatoms. The van der Waals surface area contributed by atoms with Crippen molar-refractivity contribution in [3.05, 3.63) is 75.7 Å². The molecule has 0 bridgehead atoms. The van der Waals surface area contributed by atoms with Crippen molar-refractivity contribution in [1.82, 2.24) is 9.55 Å². The van der Waals surface area contributed by atoms with Crippen molar-refractivity contribution < 1.29 is 19.1 Å². The van der Waals surface area contributed by atoms with Gasteiger partial charge in [0.25, 0.3) is 11.8 Å². The van der Waals surface area contributed by atoms with Crippen LogP contribution in [-0.2, 0) is 18.2 Å². The zero-order chi connectivity index (χ0) is 25.8. The number of benzene rings is 2. The van der Waals surface area contributed by atoms with Gasteiger partial charge in [-0.1, -0.05) is 0 Å². The summed E-state index contributed by atoms with van der Waals surface area (Å²) >= 11 is 1.28. The summed E-state index contributed by atoms with van der Waals surface area (Å²) in [5.74, 6) is -0.831. The van der Waals surface area contributed by atoms with Crippen molar-refractivity contribution in [2.45, 2.75) is 6.42 Å². The molecule has 4 N–H and O–H groups in total. The number of nitrogens with zero attached hydrogens (tertiary/aromatic N) is 2. The molecule has 2 amide bonds. The van der Waals surface area contributed by atoms with Crippen molar-refractivity contribution in [2.75, 3.05) is 29.6 Å². The largest absolute Gasteiger partial charge is 0.464 e. The molecular formula is C27H23N5O4S. The molecule has 0 saturated carbocycles. The lowest BCUT2D eigenvalue weighted by atomic mass is 10.1. The van der Waals surface area contributed by atoms with Gasteiger partial charge in [-0.05, 0) is 60.5 Å². The molecule has 37 heavy (non-hydrogen) atoms. The molecule has 0 radical (unpaired) electrons. The van der Waals surface area contributed by atoms with Gasteiger partial charge in [0.1, 0.15) is 11.4 Å². The zero-order valence-corrected chi connectivity index (χ0v) is 20.9. The van der Waals surface area contributed by atoms with E-state index in [4.69, 9.17) is 10.5 Å². The van der Waals surface area contributed by atoms with Crippen molar-refractivity contribution in [3.8, 4) is 0 Å². The number of hydrogen-bond acceptors (Lipinski definition) is 6. The molecule has 0 spiro atoms. The normalized spacial score (nSPS) is 12.8. The Kier molecular flexibility index (Phi) is 5.27. The third-order valence-corrected chi connectivity index (χ3v) is 7.70. The van der Waals surface area contributed by atoms with E-state index in [0.717, 1.165) is 33.1 Å². The van der Waals surface area contributed by atoms with E-state index in [1.165, 1.54) is 18.4 Å². The maximum absolute atomic E-state index is 13.4. The fraction of sp³-hybridized carbons (Fsp3) is 0.148. The van der Waals surface area contributed by atoms with Gasteiger partial charge in [0.2, 0.25) is 0 Å². The van der Waals surface area contributed by atoms with Crippen LogP contribution in [0, 0.1) is 0 Å². The van der Waals surface area contributed by atoms with Gasteiger partial charge in [-0.25, -0.2) is 4.79 Å². The number of ether oxygens (including phenoxy) is 1. The van der Waals surface area contributed by atoms with Gasteiger partial charge in [-0.3, -0.25) is 9.59 Å². The number of carbonyl (C=O) groups excluding carboxylic acids is 3. The highest BCUT2D eigenvalue weighted by molar-refractivity contribution is 7.12. The van der Waals surface area contributed by atoms with E-state index in [1.807, 2.05) is 35.9 Å². The van der Waals surface area contributed by atoms with E-state index in [-0.39, 0.29) is 11.8 Å². The van der Waals surface area contributed by atoms with Crippen LogP contribution in [-0.4, -0.2) is 41.0 Å². The van der Waals surface area contributed by atoms with E-state index in [2.05, 4.69) is 10.3 Å². The highest BCUT2D eigenvalue weighted by Gasteiger charge is 2.29. The number of nitrogens with two attached hydrogens (primary N) is 1. The molecule has 0 unspecified atom stereocenters. The summed E-state index contributed by atoms with van der Waals surface area (Å²) in [6.07, 6.45) is 0.683. The molecule has 9 nitrogen and oxygen atoms in total. The number of aromatic nitrogens is 2. The fourth-order valence-corrected chi connectivity index (χ4v) is 5.73. The number of thiophene rings is 1. The van der Waals surface area contributed by atoms with Gasteiger partial charge in [0.05, 0.1) is 17.7 Å². The third kappa shape index (κ3) is 3.73. The molecule has 0 atom stereocenters. The van der Waals surface area contributed by atoms with Crippen LogP contribution in [0.4, 0.5) is 17.1 Å². The number of rotatable bonds is 4. The second-order valence-corrected chi connectivity index (χ2v) is 9.88. The summed E-state index contributed by atoms with van der Waals surface area (Å²) in [6, 6.07) is 14.5. The first-order valence-corrected chi connectivity index (χ1v) is 12.5. The number of carbonyl (C=O) groups is 3. The van der Waals surface area contributed by atoms with Crippen LogP contribution in [0.3, 0.4) is 0 Å². The molecule has 3 aromatic heterocycles. The van der Waals surface area contributed by atoms with Crippen LogP contribution in [0.1, 0.15) is 36.2 Å². The van der Waals surface area contributed by atoms with E-state index < -0.39 is 5.97 Å². The molecule has 1 aliphatic heterocycles. The zero-order valence-electron chi connectivity index (χ0n) is 20.1. The number of methoxy groups -OCH3 is 1. The summed E-state index contributed by atoms with van der Waals surface area (Å²) in [5.41, 5.74) is 11.5. The maximum Gasteiger partial charge on any atom is 0.354 e. The fourth-order valence-electron chi connectivity index (χ4n) is 4.95. The Morgan fingerprint density at radius 3 is 2.76 bits per heavy atom. The van der Waals surface area contributed by atoms with E-state index in [1.54, 1.807) is 34.5 Å². The third-order valence-electron chi connectivity index (χ3n) is 6.79. The van der Waals surface area contributed by atoms with Crippen LogP contribution in [0.15, 0.2) is 53.9 Å². The number of esters is 1. The van der Waals surface area contributed by atoms with Gasteiger partial charge in [0.15, 0.2) is 0 Å². The number of aryl methyl sites for hydroxylation is 1. The van der Waals surface area contributed by atoms with Gasteiger partial charge < -0.3 is 30.2 Å². The number of hydrogen-bond donors (Lipinski definition) is 3. The average molecular weight is 514 g/mol. The first-order chi connectivity index (χ1) is 17.8. The van der Waals surface area contributed by atoms with E-state index in [9.17, 15) is 14.4 Å². The number of anilines is 3. The minimum Gasteiger partial charge on any atom is -0.464 e. The Morgan fingerprint density at radius 2 is 1.95 bits per heavy atom. The van der Waals surface area contributed by atoms with Crippen LogP contribution >= 0.6 is 11.3 Å². The van der Waals surface area contributed by atoms with Crippen LogP contribution in [0.5, 0.6) is 0 Å². The van der Waals surface area contributed by atoms with E-state index in [0.29, 0.717) is 40.6 Å². The Morgan fingerprint density at radius 1 is 1.11 bits per heavy atom. The number of aromatic amines is 1. The van der Waals surface area contributed by atoms with Gasteiger partial charge in [-0.15, -0.1) is 11.3 Å². The van der Waals surface area contributed by atoms with Gasteiger partial charge in [-0.2, -0.15) is 0 Å².